The summed E-state index contributed by atoms with van der Waals surface area (Å²) < 4.78 is 0. The third-order valence-electron chi connectivity index (χ3n) is 5.75. The van der Waals surface area contributed by atoms with E-state index in [1.54, 1.807) is 0 Å². The van der Waals surface area contributed by atoms with Gasteiger partial charge in [0, 0.05) is 29.6 Å². The number of aromatic amines is 1. The molecule has 3 N–H and O–H groups in total. The predicted octanol–water partition coefficient (Wildman–Crippen LogP) is 3.41. The van der Waals surface area contributed by atoms with Crippen molar-refractivity contribution < 1.29 is 19.8 Å². The van der Waals surface area contributed by atoms with E-state index in [1.165, 1.54) is 0 Å². The summed E-state index contributed by atoms with van der Waals surface area (Å²) >= 11 is 0. The Kier molecular flexibility index (Phi) is 6.65. The number of hydrogen-bond acceptors (Lipinski definition) is 3. The molecule has 0 saturated heterocycles. The lowest BCUT2D eigenvalue weighted by Gasteiger charge is -2.35. The summed E-state index contributed by atoms with van der Waals surface area (Å²) in [5.41, 5.74) is 2.27. The number of H-pyrrole nitrogens is 1. The molecular formula is C21H30N2O4. The number of fused-ring (bicyclic) bond motifs is 1. The van der Waals surface area contributed by atoms with Crippen LogP contribution in [-0.4, -0.2) is 52.7 Å². The SMILES string of the molecule is CCC(CC)(Cc1c(CCN(C)C)[nH]c2ccccc12)C(C(=O)O)C(=O)O. The van der Waals surface area contributed by atoms with Gasteiger partial charge in [0.2, 0.25) is 0 Å². The molecule has 0 unspecified atom stereocenters. The molecule has 0 aliphatic carbocycles. The number of hydrogen-bond donors (Lipinski definition) is 3. The molecule has 1 aromatic carbocycles. The van der Waals surface area contributed by atoms with E-state index in [1.807, 2.05) is 52.2 Å². The van der Waals surface area contributed by atoms with Crippen LogP contribution in [0.25, 0.3) is 10.9 Å². The molecule has 0 aliphatic rings. The van der Waals surface area contributed by atoms with Crippen LogP contribution in [0.2, 0.25) is 0 Å². The zero-order valence-electron chi connectivity index (χ0n) is 16.6. The van der Waals surface area contributed by atoms with Gasteiger partial charge in [0.25, 0.3) is 0 Å². The molecule has 0 fully saturated rings. The Morgan fingerprint density at radius 3 is 2.22 bits per heavy atom. The van der Waals surface area contributed by atoms with Crippen LogP contribution in [-0.2, 0) is 22.4 Å². The first-order chi connectivity index (χ1) is 12.8. The number of aromatic nitrogens is 1. The quantitative estimate of drug-likeness (QED) is 0.554. The van der Waals surface area contributed by atoms with E-state index >= 15 is 0 Å². The summed E-state index contributed by atoms with van der Waals surface area (Å²) in [6.45, 7) is 4.62. The minimum atomic E-state index is -1.43. The fourth-order valence-electron chi connectivity index (χ4n) is 4.00. The van der Waals surface area contributed by atoms with E-state index in [4.69, 9.17) is 0 Å². The average molecular weight is 374 g/mol. The van der Waals surface area contributed by atoms with Gasteiger partial charge in [0.1, 0.15) is 0 Å². The molecule has 0 amide bonds. The van der Waals surface area contributed by atoms with Crippen molar-refractivity contribution in [1.82, 2.24) is 9.88 Å². The summed E-state index contributed by atoms with van der Waals surface area (Å²) in [4.78, 5) is 29.2. The first-order valence-corrected chi connectivity index (χ1v) is 9.44. The Balaban J connectivity index is 2.56. The van der Waals surface area contributed by atoms with Crippen LogP contribution in [0.3, 0.4) is 0 Å². The van der Waals surface area contributed by atoms with E-state index in [0.29, 0.717) is 19.3 Å². The zero-order valence-corrected chi connectivity index (χ0v) is 16.6. The molecule has 2 rings (SSSR count). The Labute approximate surface area is 160 Å². The Hall–Kier alpha value is -2.34. The van der Waals surface area contributed by atoms with Gasteiger partial charge in [-0.25, -0.2) is 0 Å². The number of carbonyl (C=O) groups is 2. The topological polar surface area (TPSA) is 93.6 Å². The zero-order chi connectivity index (χ0) is 20.2. The second-order valence-corrected chi connectivity index (χ2v) is 7.54. The number of rotatable bonds is 10. The predicted molar refractivity (Wildman–Crippen MR) is 106 cm³/mol. The Morgan fingerprint density at radius 1 is 1.11 bits per heavy atom. The van der Waals surface area contributed by atoms with Crippen molar-refractivity contribution in [1.29, 1.82) is 0 Å². The fourth-order valence-corrected chi connectivity index (χ4v) is 4.00. The standard InChI is InChI=1S/C21H30N2O4/c1-5-21(6-2,18(19(24)25)20(26)27)13-15-14-9-7-8-10-16(14)22-17(15)11-12-23(3)4/h7-10,18,22H,5-6,11-13H2,1-4H3,(H,24,25)(H,26,27). The monoisotopic (exact) mass is 374 g/mol. The first-order valence-electron chi connectivity index (χ1n) is 9.44. The van der Waals surface area contributed by atoms with Gasteiger partial charge in [-0.1, -0.05) is 32.0 Å². The molecule has 0 atom stereocenters. The molecule has 0 spiro atoms. The summed E-state index contributed by atoms with van der Waals surface area (Å²) in [6, 6.07) is 7.94. The lowest BCUT2D eigenvalue weighted by molar-refractivity contribution is -0.162. The van der Waals surface area contributed by atoms with Gasteiger partial charge in [-0.2, -0.15) is 0 Å². The number of nitrogens with zero attached hydrogens (tertiary/aromatic N) is 1. The van der Waals surface area contributed by atoms with Crippen LogP contribution < -0.4 is 0 Å². The molecule has 6 nitrogen and oxygen atoms in total. The number of para-hydroxylation sites is 1. The molecule has 1 heterocycles. The minimum Gasteiger partial charge on any atom is -0.481 e. The van der Waals surface area contributed by atoms with Gasteiger partial charge in [-0.05, 0) is 50.4 Å². The van der Waals surface area contributed by atoms with Crippen LogP contribution in [0.5, 0.6) is 0 Å². The van der Waals surface area contributed by atoms with E-state index in [-0.39, 0.29) is 0 Å². The van der Waals surface area contributed by atoms with Gasteiger partial charge >= 0.3 is 11.9 Å². The van der Waals surface area contributed by atoms with Gasteiger partial charge in [0.15, 0.2) is 5.92 Å². The molecule has 6 heteroatoms. The van der Waals surface area contributed by atoms with E-state index in [9.17, 15) is 19.8 Å². The number of carboxylic acids is 2. The highest BCUT2D eigenvalue weighted by molar-refractivity contribution is 5.94. The first kappa shape index (κ1) is 21.0. The van der Waals surface area contributed by atoms with Crippen LogP contribution in [0, 0.1) is 11.3 Å². The minimum absolute atomic E-state index is 0.427. The second-order valence-electron chi connectivity index (χ2n) is 7.54. The normalized spacial score (nSPS) is 12.2. The Bertz CT molecular complexity index is 792. The van der Waals surface area contributed by atoms with Gasteiger partial charge in [-0.15, -0.1) is 0 Å². The maximum absolute atomic E-state index is 11.8. The van der Waals surface area contributed by atoms with E-state index in [0.717, 1.165) is 35.1 Å². The van der Waals surface area contributed by atoms with Crippen LogP contribution in [0.15, 0.2) is 24.3 Å². The highest BCUT2D eigenvalue weighted by Gasteiger charge is 2.46. The summed E-state index contributed by atoms with van der Waals surface area (Å²) in [6.07, 6.45) is 2.19. The average Bonchev–Trinajstić information content (AvgIpc) is 2.96. The van der Waals surface area contributed by atoms with Crippen molar-refractivity contribution in [2.45, 2.75) is 39.5 Å². The molecule has 0 saturated carbocycles. The number of benzene rings is 1. The molecule has 2 aromatic rings. The highest BCUT2D eigenvalue weighted by Crippen LogP contribution is 2.42. The van der Waals surface area contributed by atoms with Crippen molar-refractivity contribution in [2.24, 2.45) is 11.3 Å². The van der Waals surface area contributed by atoms with Crippen molar-refractivity contribution in [3.8, 4) is 0 Å². The fraction of sp³-hybridized carbons (Fsp3) is 0.524. The molecular weight excluding hydrogens is 344 g/mol. The number of likely N-dealkylation sites (N-methyl/N-ethyl adjacent to an activating group) is 1. The van der Waals surface area contributed by atoms with Crippen molar-refractivity contribution >= 4 is 22.8 Å². The molecule has 148 valence electrons. The van der Waals surface area contributed by atoms with Crippen LogP contribution in [0.4, 0.5) is 0 Å². The molecule has 0 bridgehead atoms. The third-order valence-corrected chi connectivity index (χ3v) is 5.75. The maximum atomic E-state index is 11.8. The molecule has 27 heavy (non-hydrogen) atoms. The smallest absolute Gasteiger partial charge is 0.318 e. The van der Waals surface area contributed by atoms with Crippen molar-refractivity contribution in [2.75, 3.05) is 20.6 Å². The summed E-state index contributed by atoms with van der Waals surface area (Å²) in [5, 5.41) is 20.3. The maximum Gasteiger partial charge on any atom is 0.318 e. The highest BCUT2D eigenvalue weighted by atomic mass is 16.4. The number of nitrogens with one attached hydrogen (secondary N) is 1. The van der Waals surface area contributed by atoms with Crippen LogP contribution >= 0.6 is 0 Å². The second kappa shape index (κ2) is 8.57. The van der Waals surface area contributed by atoms with Crippen molar-refractivity contribution in [3.05, 3.63) is 35.5 Å². The third kappa shape index (κ3) is 4.33. The number of aliphatic carboxylic acids is 2. The lowest BCUT2D eigenvalue weighted by Crippen LogP contribution is -2.42. The van der Waals surface area contributed by atoms with E-state index < -0.39 is 23.3 Å². The van der Waals surface area contributed by atoms with Crippen LogP contribution in [0.1, 0.15) is 37.9 Å². The van der Waals surface area contributed by atoms with Gasteiger partial charge < -0.3 is 20.1 Å². The Morgan fingerprint density at radius 2 is 1.70 bits per heavy atom. The molecule has 0 radical (unpaired) electrons. The van der Waals surface area contributed by atoms with Gasteiger partial charge in [0.05, 0.1) is 0 Å². The molecule has 1 aromatic heterocycles. The summed E-state index contributed by atoms with van der Waals surface area (Å²) in [7, 11) is 4.02. The van der Waals surface area contributed by atoms with E-state index in [2.05, 4.69) is 9.88 Å². The number of carboxylic acid groups (broad SMARTS) is 2. The van der Waals surface area contributed by atoms with Gasteiger partial charge in [-0.3, -0.25) is 9.59 Å². The lowest BCUT2D eigenvalue weighted by atomic mass is 9.67. The van der Waals surface area contributed by atoms with Crippen molar-refractivity contribution in [3.63, 3.8) is 0 Å². The summed E-state index contributed by atoms with van der Waals surface area (Å²) in [5.74, 6) is -3.95. The molecule has 0 aliphatic heterocycles. The largest absolute Gasteiger partial charge is 0.481 e.